The van der Waals surface area contributed by atoms with Crippen LogP contribution in [0.2, 0.25) is 0 Å². The van der Waals surface area contributed by atoms with Crippen molar-refractivity contribution < 1.29 is 9.53 Å². The molecule has 2 N–H and O–H groups in total. The Morgan fingerprint density at radius 1 is 1.15 bits per heavy atom. The normalized spacial score (nSPS) is 11.8. The van der Waals surface area contributed by atoms with E-state index in [-0.39, 0.29) is 11.9 Å². The Labute approximate surface area is 153 Å². The van der Waals surface area contributed by atoms with Gasteiger partial charge >= 0.3 is 0 Å². The molecular formula is C21H23N3O2. The number of methoxy groups -OCH3 is 1. The van der Waals surface area contributed by atoms with Crippen molar-refractivity contribution in [3.63, 3.8) is 0 Å². The first kappa shape index (κ1) is 17.7. The van der Waals surface area contributed by atoms with Gasteiger partial charge in [0.25, 0.3) is 5.91 Å². The number of carbonyl (C=O) groups excluding carboxylic acids is 1. The number of H-pyrrole nitrogens is 1. The van der Waals surface area contributed by atoms with Gasteiger partial charge in [-0.3, -0.25) is 9.89 Å². The largest absolute Gasteiger partial charge is 0.497 e. The zero-order valence-corrected chi connectivity index (χ0v) is 15.2. The van der Waals surface area contributed by atoms with Gasteiger partial charge in [0.05, 0.1) is 18.8 Å². The summed E-state index contributed by atoms with van der Waals surface area (Å²) in [4.78, 5) is 12.6. The summed E-state index contributed by atoms with van der Waals surface area (Å²) in [5.74, 6) is 0.621. The molecular weight excluding hydrogens is 326 g/mol. The van der Waals surface area contributed by atoms with E-state index in [1.807, 2.05) is 24.3 Å². The van der Waals surface area contributed by atoms with Crippen LogP contribution in [0.3, 0.4) is 0 Å². The fourth-order valence-corrected chi connectivity index (χ4v) is 2.80. The second-order valence-corrected chi connectivity index (χ2v) is 6.24. The van der Waals surface area contributed by atoms with Gasteiger partial charge in [-0.25, -0.2) is 0 Å². The smallest absolute Gasteiger partial charge is 0.269 e. The lowest BCUT2D eigenvalue weighted by Gasteiger charge is -2.17. The number of aromatic amines is 1. The Morgan fingerprint density at radius 3 is 2.46 bits per heavy atom. The molecule has 0 aliphatic rings. The van der Waals surface area contributed by atoms with Crippen molar-refractivity contribution in [3.05, 3.63) is 71.4 Å². The average molecular weight is 349 g/mol. The number of rotatable bonds is 6. The third kappa shape index (κ3) is 3.94. The molecule has 1 amide bonds. The predicted octanol–water partition coefficient (Wildman–Crippen LogP) is 4.27. The average Bonchev–Trinajstić information content (AvgIpc) is 3.17. The van der Waals surface area contributed by atoms with Crippen molar-refractivity contribution in [1.82, 2.24) is 15.5 Å². The van der Waals surface area contributed by atoms with Crippen LogP contribution in [0.4, 0.5) is 0 Å². The maximum absolute atomic E-state index is 12.6. The van der Waals surface area contributed by atoms with Crippen LogP contribution < -0.4 is 10.1 Å². The van der Waals surface area contributed by atoms with Crippen LogP contribution in [-0.2, 0) is 0 Å². The minimum absolute atomic E-state index is 0.0316. The van der Waals surface area contributed by atoms with Gasteiger partial charge in [0, 0.05) is 5.56 Å². The molecule has 3 aromatic rings. The number of benzene rings is 2. The monoisotopic (exact) mass is 349 g/mol. The molecule has 3 rings (SSSR count). The van der Waals surface area contributed by atoms with Gasteiger partial charge in [-0.05, 0) is 49.2 Å². The van der Waals surface area contributed by atoms with E-state index < -0.39 is 0 Å². The maximum atomic E-state index is 12.6. The van der Waals surface area contributed by atoms with E-state index in [1.165, 1.54) is 5.56 Å². The van der Waals surface area contributed by atoms with E-state index in [2.05, 4.69) is 53.6 Å². The van der Waals surface area contributed by atoms with Gasteiger partial charge in [0.15, 0.2) is 0 Å². The van der Waals surface area contributed by atoms with Crippen molar-refractivity contribution in [2.24, 2.45) is 0 Å². The number of aryl methyl sites for hydroxylation is 1. The second kappa shape index (κ2) is 7.87. The van der Waals surface area contributed by atoms with E-state index >= 15 is 0 Å². The Bertz CT molecular complexity index is 867. The number of hydrogen-bond acceptors (Lipinski definition) is 3. The Balaban J connectivity index is 1.73. The maximum Gasteiger partial charge on any atom is 0.269 e. The molecule has 0 saturated carbocycles. The Kier molecular flexibility index (Phi) is 5.37. The summed E-state index contributed by atoms with van der Waals surface area (Å²) >= 11 is 0. The van der Waals surface area contributed by atoms with Crippen LogP contribution >= 0.6 is 0 Å². The Morgan fingerprint density at radius 2 is 1.85 bits per heavy atom. The quantitative estimate of drug-likeness (QED) is 0.698. The number of amides is 1. The summed E-state index contributed by atoms with van der Waals surface area (Å²) in [6.45, 7) is 4.11. The molecule has 0 bridgehead atoms. The summed E-state index contributed by atoms with van der Waals surface area (Å²) in [5.41, 5.74) is 4.39. The summed E-state index contributed by atoms with van der Waals surface area (Å²) in [5, 5.41) is 10.2. The van der Waals surface area contributed by atoms with Crippen LogP contribution in [0.15, 0.2) is 54.6 Å². The molecule has 0 fully saturated rings. The molecule has 0 saturated heterocycles. The highest BCUT2D eigenvalue weighted by atomic mass is 16.5. The molecule has 1 heterocycles. The third-order valence-electron chi connectivity index (χ3n) is 4.40. The van der Waals surface area contributed by atoms with Gasteiger partial charge < -0.3 is 10.1 Å². The van der Waals surface area contributed by atoms with Gasteiger partial charge in [0.1, 0.15) is 11.4 Å². The summed E-state index contributed by atoms with van der Waals surface area (Å²) < 4.78 is 5.16. The van der Waals surface area contributed by atoms with Gasteiger partial charge in [-0.2, -0.15) is 5.10 Å². The van der Waals surface area contributed by atoms with Crippen molar-refractivity contribution in [2.75, 3.05) is 7.11 Å². The molecule has 0 radical (unpaired) electrons. The molecule has 1 unspecified atom stereocenters. The minimum atomic E-state index is -0.162. The van der Waals surface area contributed by atoms with E-state index in [9.17, 15) is 4.79 Å². The van der Waals surface area contributed by atoms with Crippen LogP contribution in [-0.4, -0.2) is 23.2 Å². The molecule has 2 aromatic carbocycles. The van der Waals surface area contributed by atoms with Crippen LogP contribution in [0.25, 0.3) is 11.3 Å². The molecule has 0 aliphatic carbocycles. The third-order valence-corrected chi connectivity index (χ3v) is 4.40. The van der Waals surface area contributed by atoms with Gasteiger partial charge in [-0.15, -0.1) is 0 Å². The highest BCUT2D eigenvalue weighted by Crippen LogP contribution is 2.22. The Hall–Kier alpha value is -3.08. The summed E-state index contributed by atoms with van der Waals surface area (Å²) in [6, 6.07) is 17.5. The van der Waals surface area contributed by atoms with Crippen molar-refractivity contribution in [2.45, 2.75) is 26.3 Å². The molecule has 26 heavy (non-hydrogen) atoms. The lowest BCUT2D eigenvalue weighted by atomic mass is 10.0. The van der Waals surface area contributed by atoms with Crippen LogP contribution in [0, 0.1) is 6.92 Å². The summed E-state index contributed by atoms with van der Waals surface area (Å²) in [6.07, 6.45) is 0.814. The molecule has 5 heteroatoms. The molecule has 1 atom stereocenters. The van der Waals surface area contributed by atoms with Crippen molar-refractivity contribution in [1.29, 1.82) is 0 Å². The fraction of sp³-hybridized carbons (Fsp3) is 0.238. The standard InChI is InChI=1S/C21H23N3O2/c1-4-18(15-7-5-14(2)6-8-15)22-21(25)20-13-19(23-24-20)16-9-11-17(26-3)12-10-16/h5-13,18H,4H2,1-3H3,(H,22,25)(H,23,24). The van der Waals surface area contributed by atoms with E-state index in [0.717, 1.165) is 29.0 Å². The molecule has 0 aliphatic heterocycles. The first-order valence-corrected chi connectivity index (χ1v) is 8.68. The predicted molar refractivity (Wildman–Crippen MR) is 102 cm³/mol. The lowest BCUT2D eigenvalue weighted by Crippen LogP contribution is -2.28. The van der Waals surface area contributed by atoms with Crippen molar-refractivity contribution >= 4 is 5.91 Å². The highest BCUT2D eigenvalue weighted by Gasteiger charge is 2.16. The fourth-order valence-electron chi connectivity index (χ4n) is 2.80. The number of nitrogens with one attached hydrogen (secondary N) is 2. The van der Waals surface area contributed by atoms with Gasteiger partial charge in [0.2, 0.25) is 0 Å². The zero-order chi connectivity index (χ0) is 18.5. The number of ether oxygens (including phenoxy) is 1. The van der Waals surface area contributed by atoms with Crippen molar-refractivity contribution in [3.8, 4) is 17.0 Å². The second-order valence-electron chi connectivity index (χ2n) is 6.24. The first-order chi connectivity index (χ1) is 12.6. The van der Waals surface area contributed by atoms with Gasteiger partial charge in [-0.1, -0.05) is 36.8 Å². The highest BCUT2D eigenvalue weighted by molar-refractivity contribution is 5.93. The molecule has 0 spiro atoms. The van der Waals surface area contributed by atoms with E-state index in [1.54, 1.807) is 13.2 Å². The first-order valence-electron chi connectivity index (χ1n) is 8.68. The molecule has 1 aromatic heterocycles. The van der Waals surface area contributed by atoms with Crippen LogP contribution in [0.5, 0.6) is 5.75 Å². The topological polar surface area (TPSA) is 67.0 Å². The zero-order valence-electron chi connectivity index (χ0n) is 15.2. The van der Waals surface area contributed by atoms with Crippen LogP contribution in [0.1, 0.15) is 41.0 Å². The molecule has 134 valence electrons. The molecule has 5 nitrogen and oxygen atoms in total. The number of aromatic nitrogens is 2. The SMILES string of the molecule is CCC(NC(=O)c1cc(-c2ccc(OC)cc2)n[nH]1)c1ccc(C)cc1. The number of carbonyl (C=O) groups is 1. The number of nitrogens with zero attached hydrogens (tertiary/aromatic N) is 1. The summed E-state index contributed by atoms with van der Waals surface area (Å²) in [7, 11) is 1.63. The number of hydrogen-bond donors (Lipinski definition) is 2. The van der Waals surface area contributed by atoms with E-state index in [4.69, 9.17) is 4.74 Å². The van der Waals surface area contributed by atoms with E-state index in [0.29, 0.717) is 5.69 Å². The minimum Gasteiger partial charge on any atom is -0.497 e. The lowest BCUT2D eigenvalue weighted by molar-refractivity contribution is 0.0930.